The molecule has 0 saturated carbocycles. The van der Waals surface area contributed by atoms with Crippen LogP contribution in [-0.4, -0.2) is 72.1 Å². The Hall–Kier alpha value is -1.58. The zero-order valence-electron chi connectivity index (χ0n) is 14.7. The first kappa shape index (κ1) is 23.5. The first-order valence-corrected chi connectivity index (χ1v) is 9.07. The fourth-order valence-electron chi connectivity index (χ4n) is 2.18. The largest absolute Gasteiger partial charge is 1.00 e. The topological polar surface area (TPSA) is 167 Å². The predicted octanol–water partition coefficient (Wildman–Crippen LogP) is -4.87. The van der Waals surface area contributed by atoms with Gasteiger partial charge in [-0.15, -0.1) is 11.3 Å². The number of hydrogen-bond donors (Lipinski definition) is 1. The van der Waals surface area contributed by atoms with Gasteiger partial charge in [-0.3, -0.25) is 9.59 Å². The average Bonchev–Trinajstić information content (AvgIpc) is 2.98. The normalized spacial score (nSPS) is 19.6. The van der Waals surface area contributed by atoms with E-state index in [1.807, 2.05) is 0 Å². The van der Waals surface area contributed by atoms with Gasteiger partial charge in [-0.1, -0.05) is 5.16 Å². The van der Waals surface area contributed by atoms with Crippen LogP contribution in [0.25, 0.3) is 0 Å². The first-order valence-electron chi connectivity index (χ1n) is 6.83. The Bertz CT molecular complexity index is 884. The summed E-state index contributed by atoms with van der Waals surface area (Å²) in [6.45, 7) is 1.69. The van der Waals surface area contributed by atoms with Crippen molar-refractivity contribution in [1.29, 1.82) is 0 Å². The van der Waals surface area contributed by atoms with E-state index in [-0.39, 0.29) is 45.3 Å². The van der Waals surface area contributed by atoms with Crippen LogP contribution < -0.4 is 34.9 Å². The molecule has 1 aliphatic rings. The number of rotatable bonds is 6. The minimum atomic E-state index is -5.25. The number of oxime groups is 1. The van der Waals surface area contributed by atoms with E-state index in [9.17, 15) is 27.4 Å². The molecular formula is C12H13N4NaO8S2. The van der Waals surface area contributed by atoms with E-state index >= 15 is 0 Å². The molecule has 12 nitrogen and oxygen atoms in total. The predicted molar refractivity (Wildman–Crippen MR) is 84.7 cm³/mol. The van der Waals surface area contributed by atoms with Gasteiger partial charge in [0, 0.05) is 5.38 Å². The van der Waals surface area contributed by atoms with Crippen molar-refractivity contribution >= 4 is 45.1 Å². The van der Waals surface area contributed by atoms with Crippen LogP contribution in [-0.2, 0) is 34.3 Å². The van der Waals surface area contributed by atoms with Gasteiger partial charge in [-0.2, -0.15) is 0 Å². The Morgan fingerprint density at radius 2 is 2.04 bits per heavy atom. The van der Waals surface area contributed by atoms with Crippen molar-refractivity contribution in [3.63, 3.8) is 0 Å². The zero-order chi connectivity index (χ0) is 19.6. The molecule has 15 heteroatoms. The average molecular weight is 428 g/mol. The quantitative estimate of drug-likeness (QED) is 0.117. The molecule has 27 heavy (non-hydrogen) atoms. The molecule has 2 heterocycles. The van der Waals surface area contributed by atoms with E-state index in [2.05, 4.69) is 25.0 Å². The number of esters is 1. The first-order chi connectivity index (χ1) is 12.1. The maximum Gasteiger partial charge on any atom is 1.00 e. The van der Waals surface area contributed by atoms with Gasteiger partial charge in [0.2, 0.25) is 0 Å². The molecule has 0 aliphatic carbocycles. The number of ether oxygens (including phenoxy) is 1. The standard InChI is InChI=1S/C12H14N4O8S2.Na/c1-5-13-6(4-25-5)7(15-24-3)10(17)14-8-9(12(19)23-2)16(11(8)18)26(20,21)22;/h4,8-9H,1-3H3,(H,14,17)(H,20,21,22);/q;+1/p-1/t8-,9-;/m0./s1. The number of methoxy groups -OCH3 is 1. The van der Waals surface area contributed by atoms with Crippen LogP contribution in [0.2, 0.25) is 0 Å². The van der Waals surface area contributed by atoms with Gasteiger partial charge in [0.05, 0.1) is 12.1 Å². The summed E-state index contributed by atoms with van der Waals surface area (Å²) in [5.74, 6) is -3.40. The van der Waals surface area contributed by atoms with Crippen LogP contribution in [0.1, 0.15) is 10.7 Å². The molecule has 1 aliphatic heterocycles. The number of thiazole rings is 1. The minimum Gasteiger partial charge on any atom is -0.731 e. The third kappa shape index (κ3) is 4.83. The van der Waals surface area contributed by atoms with Crippen molar-refractivity contribution in [2.45, 2.75) is 19.0 Å². The molecular weight excluding hydrogens is 415 g/mol. The number of β-lactam (4-membered cyclic amide) rings is 1. The molecule has 2 atom stereocenters. The molecule has 142 valence electrons. The summed E-state index contributed by atoms with van der Waals surface area (Å²) in [5, 5.41) is 7.82. The molecule has 0 spiro atoms. The molecule has 2 rings (SSSR count). The van der Waals surface area contributed by atoms with Crippen LogP contribution in [0, 0.1) is 6.92 Å². The van der Waals surface area contributed by atoms with E-state index in [4.69, 9.17) is 0 Å². The van der Waals surface area contributed by atoms with Crippen LogP contribution in [0.5, 0.6) is 0 Å². The van der Waals surface area contributed by atoms with E-state index in [0.717, 1.165) is 7.11 Å². The molecule has 1 saturated heterocycles. The van der Waals surface area contributed by atoms with Crippen molar-refractivity contribution < 1.29 is 66.5 Å². The van der Waals surface area contributed by atoms with E-state index in [0.29, 0.717) is 5.01 Å². The smallest absolute Gasteiger partial charge is 0.731 e. The van der Waals surface area contributed by atoms with Gasteiger partial charge in [0.25, 0.3) is 11.8 Å². The zero-order valence-corrected chi connectivity index (χ0v) is 18.3. The minimum absolute atomic E-state index is 0. The summed E-state index contributed by atoms with van der Waals surface area (Å²) in [4.78, 5) is 44.7. The summed E-state index contributed by atoms with van der Waals surface area (Å²) in [5.41, 5.74) is -0.141. The van der Waals surface area contributed by atoms with Crippen molar-refractivity contribution in [2.75, 3.05) is 14.2 Å². The number of aryl methyl sites for hydroxylation is 1. The number of aromatic nitrogens is 1. The van der Waals surface area contributed by atoms with Gasteiger partial charge in [-0.05, 0) is 6.92 Å². The Balaban J connectivity index is 0.00000364. The number of nitrogens with one attached hydrogen (secondary N) is 1. The second-order valence-electron chi connectivity index (χ2n) is 4.89. The summed E-state index contributed by atoms with van der Waals surface area (Å²) in [6.07, 6.45) is 0. The Morgan fingerprint density at radius 3 is 2.48 bits per heavy atom. The van der Waals surface area contributed by atoms with E-state index in [1.165, 1.54) is 23.8 Å². The number of carbonyl (C=O) groups is 3. The van der Waals surface area contributed by atoms with Crippen molar-refractivity contribution in [3.05, 3.63) is 16.1 Å². The second-order valence-corrected chi connectivity index (χ2v) is 7.20. The maximum absolute atomic E-state index is 12.4. The molecule has 0 radical (unpaired) electrons. The molecule has 0 aromatic carbocycles. The molecule has 0 bridgehead atoms. The number of amides is 2. The van der Waals surface area contributed by atoms with E-state index in [1.54, 1.807) is 6.92 Å². The number of nitrogens with zero attached hydrogens (tertiary/aromatic N) is 3. The second kappa shape index (κ2) is 9.07. The number of carbonyl (C=O) groups excluding carboxylic acids is 3. The summed E-state index contributed by atoms with van der Waals surface area (Å²) >= 11 is 1.23. The van der Waals surface area contributed by atoms with Gasteiger partial charge < -0.3 is 19.4 Å². The fourth-order valence-corrected chi connectivity index (χ4v) is 3.60. The van der Waals surface area contributed by atoms with Gasteiger partial charge in [0.1, 0.15) is 18.8 Å². The number of hydrogen-bond acceptors (Lipinski definition) is 11. The Morgan fingerprint density at radius 1 is 1.41 bits per heavy atom. The van der Waals surface area contributed by atoms with Gasteiger partial charge in [-0.25, -0.2) is 22.5 Å². The van der Waals surface area contributed by atoms with Crippen LogP contribution in [0.4, 0.5) is 0 Å². The molecule has 0 unspecified atom stereocenters. The van der Waals surface area contributed by atoms with Gasteiger partial charge >= 0.3 is 35.5 Å². The van der Waals surface area contributed by atoms with Crippen LogP contribution in [0.3, 0.4) is 0 Å². The molecule has 1 aromatic heterocycles. The summed E-state index contributed by atoms with van der Waals surface area (Å²) < 4.78 is 37.6. The monoisotopic (exact) mass is 428 g/mol. The SMILES string of the molecule is CON=C(C(=O)N[C@@H]1C(=O)N(S(=O)(=O)[O-])[C@@H]1C(=O)OC)c1csc(C)n1.[Na+]. The van der Waals surface area contributed by atoms with E-state index < -0.39 is 40.2 Å². The van der Waals surface area contributed by atoms with Crippen LogP contribution in [0.15, 0.2) is 10.5 Å². The third-order valence-corrected chi connectivity index (χ3v) is 4.94. The molecule has 1 aromatic rings. The Kier molecular flexibility index (Phi) is 7.88. The molecule has 1 N–H and O–H groups in total. The van der Waals surface area contributed by atoms with Crippen LogP contribution >= 0.6 is 11.3 Å². The van der Waals surface area contributed by atoms with Gasteiger partial charge in [0.15, 0.2) is 22.1 Å². The Labute approximate surface area is 180 Å². The fraction of sp³-hybridized carbons (Fsp3) is 0.417. The maximum atomic E-state index is 12.4. The third-order valence-electron chi connectivity index (χ3n) is 3.28. The molecule has 2 amide bonds. The summed E-state index contributed by atoms with van der Waals surface area (Å²) in [7, 11) is -3.13. The summed E-state index contributed by atoms with van der Waals surface area (Å²) in [6, 6.07) is -3.42. The molecule has 1 fully saturated rings. The van der Waals surface area contributed by atoms with Crippen molar-refractivity contribution in [2.24, 2.45) is 5.16 Å². The van der Waals surface area contributed by atoms with Crippen molar-refractivity contribution in [3.8, 4) is 0 Å². The van der Waals surface area contributed by atoms with Crippen molar-refractivity contribution in [1.82, 2.24) is 14.6 Å².